The van der Waals surface area contributed by atoms with Crippen molar-refractivity contribution in [1.82, 2.24) is 0 Å². The van der Waals surface area contributed by atoms with Crippen LogP contribution in [0.15, 0.2) is 10.5 Å². The Hall–Kier alpha value is -0.830. The molecule has 0 heterocycles. The van der Waals surface area contributed by atoms with Crippen LogP contribution in [-0.4, -0.2) is 12.9 Å². The number of ketones is 1. The van der Waals surface area contributed by atoms with Crippen molar-refractivity contribution in [2.24, 2.45) is 5.92 Å². The number of methoxy groups -OCH3 is 1. The first-order valence-corrected chi connectivity index (χ1v) is 6.73. The molecule has 0 N–H and O–H groups in total. The van der Waals surface area contributed by atoms with Crippen LogP contribution in [0.4, 0.5) is 0 Å². The van der Waals surface area contributed by atoms with E-state index < -0.39 is 0 Å². The predicted octanol–water partition coefficient (Wildman–Crippen LogP) is 3.92. The second-order valence-corrected chi connectivity index (χ2v) is 5.63. The molecule has 1 aliphatic rings. The standard InChI is InChI=1S/C14H17BrO2/c1-8-4-5-10-12(17-3)7-9(2)14(15)13(10)11(16)6-8/h7-8H,4-6H2,1-3H3. The van der Waals surface area contributed by atoms with Crippen LogP contribution in [0, 0.1) is 12.8 Å². The Balaban J connectivity index is 2.64. The summed E-state index contributed by atoms with van der Waals surface area (Å²) in [5.74, 6) is 1.54. The molecule has 17 heavy (non-hydrogen) atoms. The van der Waals surface area contributed by atoms with Crippen molar-refractivity contribution in [3.05, 3.63) is 27.2 Å². The third-order valence-electron chi connectivity index (χ3n) is 3.43. The maximum Gasteiger partial charge on any atom is 0.164 e. The Morgan fingerprint density at radius 1 is 1.47 bits per heavy atom. The lowest BCUT2D eigenvalue weighted by Crippen LogP contribution is -2.06. The van der Waals surface area contributed by atoms with E-state index in [1.165, 1.54) is 0 Å². The predicted molar refractivity (Wildman–Crippen MR) is 71.9 cm³/mol. The molecule has 0 saturated carbocycles. The highest BCUT2D eigenvalue weighted by molar-refractivity contribution is 9.10. The van der Waals surface area contributed by atoms with E-state index in [1.54, 1.807) is 7.11 Å². The first-order chi connectivity index (χ1) is 8.04. The van der Waals surface area contributed by atoms with Crippen molar-refractivity contribution in [2.45, 2.75) is 33.1 Å². The van der Waals surface area contributed by atoms with Crippen molar-refractivity contribution in [3.8, 4) is 5.75 Å². The van der Waals surface area contributed by atoms with Crippen LogP contribution in [0.25, 0.3) is 0 Å². The Bertz CT molecular complexity index is 466. The molecule has 1 unspecified atom stereocenters. The summed E-state index contributed by atoms with van der Waals surface area (Å²) in [5.41, 5.74) is 2.97. The first-order valence-electron chi connectivity index (χ1n) is 5.93. The number of hydrogen-bond acceptors (Lipinski definition) is 2. The summed E-state index contributed by atoms with van der Waals surface area (Å²) in [4.78, 5) is 12.3. The summed E-state index contributed by atoms with van der Waals surface area (Å²) in [6.07, 6.45) is 2.60. The Morgan fingerprint density at radius 2 is 2.18 bits per heavy atom. The highest BCUT2D eigenvalue weighted by Gasteiger charge is 2.25. The van der Waals surface area contributed by atoms with Crippen molar-refractivity contribution in [2.75, 3.05) is 7.11 Å². The van der Waals surface area contributed by atoms with Crippen molar-refractivity contribution >= 4 is 21.7 Å². The van der Waals surface area contributed by atoms with Crippen molar-refractivity contribution < 1.29 is 9.53 Å². The Morgan fingerprint density at radius 3 is 2.82 bits per heavy atom. The third kappa shape index (κ3) is 2.25. The van der Waals surface area contributed by atoms with E-state index >= 15 is 0 Å². The maximum atomic E-state index is 12.3. The number of Topliss-reactive ketones (excluding diaryl/α,β-unsaturated/α-hetero) is 1. The lowest BCUT2D eigenvalue weighted by Gasteiger charge is -2.14. The monoisotopic (exact) mass is 296 g/mol. The van der Waals surface area contributed by atoms with Gasteiger partial charge < -0.3 is 4.74 Å². The quantitative estimate of drug-likeness (QED) is 0.734. The molecule has 0 fully saturated rings. The lowest BCUT2D eigenvalue weighted by molar-refractivity contribution is 0.0966. The van der Waals surface area contributed by atoms with Crippen LogP contribution in [0.2, 0.25) is 0 Å². The summed E-state index contributed by atoms with van der Waals surface area (Å²) in [6, 6.07) is 2.01. The van der Waals surface area contributed by atoms with E-state index in [0.717, 1.165) is 39.8 Å². The molecular formula is C14H17BrO2. The minimum Gasteiger partial charge on any atom is -0.496 e. The van der Waals surface area contributed by atoms with Crippen LogP contribution in [0.1, 0.15) is 41.3 Å². The van der Waals surface area contributed by atoms with Gasteiger partial charge in [0.1, 0.15) is 5.75 Å². The van der Waals surface area contributed by atoms with Gasteiger partial charge in [-0.05, 0) is 53.2 Å². The van der Waals surface area contributed by atoms with E-state index in [-0.39, 0.29) is 5.78 Å². The number of rotatable bonds is 1. The minimum absolute atomic E-state index is 0.235. The molecule has 2 rings (SSSR count). The second kappa shape index (κ2) is 4.81. The van der Waals surface area contributed by atoms with Gasteiger partial charge in [-0.3, -0.25) is 4.79 Å². The zero-order valence-electron chi connectivity index (χ0n) is 10.5. The summed E-state index contributed by atoms with van der Waals surface area (Å²) >= 11 is 3.55. The summed E-state index contributed by atoms with van der Waals surface area (Å²) in [6.45, 7) is 4.13. The van der Waals surface area contributed by atoms with Gasteiger partial charge in [-0.15, -0.1) is 0 Å². The summed E-state index contributed by atoms with van der Waals surface area (Å²) in [5, 5.41) is 0. The fraction of sp³-hybridized carbons (Fsp3) is 0.500. The van der Waals surface area contributed by atoms with Crippen LogP contribution in [0.5, 0.6) is 5.75 Å². The van der Waals surface area contributed by atoms with E-state index in [4.69, 9.17) is 4.74 Å². The molecule has 1 aliphatic carbocycles. The van der Waals surface area contributed by atoms with E-state index in [1.807, 2.05) is 13.0 Å². The molecule has 1 aromatic rings. The Kier molecular flexibility index (Phi) is 3.57. The van der Waals surface area contributed by atoms with Gasteiger partial charge in [0.05, 0.1) is 7.11 Å². The first kappa shape index (κ1) is 12.6. The third-order valence-corrected chi connectivity index (χ3v) is 4.45. The number of hydrogen-bond donors (Lipinski definition) is 0. The zero-order valence-corrected chi connectivity index (χ0v) is 12.1. The molecule has 1 atom stereocenters. The van der Waals surface area contributed by atoms with Gasteiger partial charge in [0, 0.05) is 22.0 Å². The average Bonchev–Trinajstić information content (AvgIpc) is 2.43. The van der Waals surface area contributed by atoms with Gasteiger partial charge in [0.25, 0.3) is 0 Å². The van der Waals surface area contributed by atoms with Crippen LogP contribution in [-0.2, 0) is 6.42 Å². The van der Waals surface area contributed by atoms with Gasteiger partial charge in [-0.25, -0.2) is 0 Å². The number of carbonyl (C=O) groups is 1. The molecule has 0 aromatic heterocycles. The van der Waals surface area contributed by atoms with Crippen LogP contribution >= 0.6 is 15.9 Å². The molecule has 0 aliphatic heterocycles. The molecule has 0 saturated heterocycles. The normalized spacial score (nSPS) is 19.8. The number of benzene rings is 1. The molecule has 2 nitrogen and oxygen atoms in total. The zero-order chi connectivity index (χ0) is 12.6. The van der Waals surface area contributed by atoms with Gasteiger partial charge in [-0.1, -0.05) is 6.92 Å². The highest BCUT2D eigenvalue weighted by Crippen LogP contribution is 2.37. The van der Waals surface area contributed by atoms with Gasteiger partial charge in [-0.2, -0.15) is 0 Å². The smallest absolute Gasteiger partial charge is 0.164 e. The van der Waals surface area contributed by atoms with Gasteiger partial charge >= 0.3 is 0 Å². The summed E-state index contributed by atoms with van der Waals surface area (Å²) in [7, 11) is 1.67. The van der Waals surface area contributed by atoms with Crippen molar-refractivity contribution in [1.29, 1.82) is 0 Å². The molecule has 0 radical (unpaired) electrons. The van der Waals surface area contributed by atoms with E-state index in [2.05, 4.69) is 22.9 Å². The SMILES string of the molecule is COc1cc(C)c(Br)c2c1CCC(C)CC2=O. The molecular weight excluding hydrogens is 280 g/mol. The van der Waals surface area contributed by atoms with Crippen LogP contribution < -0.4 is 4.74 Å². The number of ether oxygens (including phenoxy) is 1. The van der Waals surface area contributed by atoms with E-state index in [9.17, 15) is 4.79 Å². The highest BCUT2D eigenvalue weighted by atomic mass is 79.9. The molecule has 0 spiro atoms. The largest absolute Gasteiger partial charge is 0.496 e. The Labute approximate surface area is 110 Å². The summed E-state index contributed by atoms with van der Waals surface area (Å²) < 4.78 is 6.35. The fourth-order valence-corrected chi connectivity index (χ4v) is 3.01. The van der Waals surface area contributed by atoms with Crippen molar-refractivity contribution in [3.63, 3.8) is 0 Å². The lowest BCUT2D eigenvalue weighted by atomic mass is 9.98. The van der Waals surface area contributed by atoms with Gasteiger partial charge in [0.2, 0.25) is 0 Å². The second-order valence-electron chi connectivity index (χ2n) is 4.83. The van der Waals surface area contributed by atoms with Gasteiger partial charge in [0.15, 0.2) is 5.78 Å². The molecule has 0 amide bonds. The van der Waals surface area contributed by atoms with E-state index in [0.29, 0.717) is 12.3 Å². The van der Waals surface area contributed by atoms with Crippen LogP contribution in [0.3, 0.4) is 0 Å². The fourth-order valence-electron chi connectivity index (χ4n) is 2.43. The number of aryl methyl sites for hydroxylation is 1. The average molecular weight is 297 g/mol. The molecule has 0 bridgehead atoms. The topological polar surface area (TPSA) is 26.3 Å². The molecule has 92 valence electrons. The number of carbonyl (C=O) groups excluding carboxylic acids is 1. The minimum atomic E-state index is 0.235. The number of fused-ring (bicyclic) bond motifs is 1. The molecule has 1 aromatic carbocycles. The molecule has 3 heteroatoms. The number of halogens is 1. The maximum absolute atomic E-state index is 12.3.